The lowest BCUT2D eigenvalue weighted by atomic mass is 9.91. The van der Waals surface area contributed by atoms with Gasteiger partial charge in [-0.05, 0) is 42.2 Å². The summed E-state index contributed by atoms with van der Waals surface area (Å²) >= 11 is 0. The Morgan fingerprint density at radius 1 is 1.30 bits per heavy atom. The van der Waals surface area contributed by atoms with Gasteiger partial charge in [-0.25, -0.2) is 0 Å². The summed E-state index contributed by atoms with van der Waals surface area (Å²) in [7, 11) is 0. The highest BCUT2D eigenvalue weighted by molar-refractivity contribution is 5.82. The monoisotopic (exact) mass is 272 g/mol. The fourth-order valence-corrected chi connectivity index (χ4v) is 3.50. The zero-order chi connectivity index (χ0) is 14.2. The number of benzene rings is 1. The van der Waals surface area contributed by atoms with Gasteiger partial charge in [0, 0.05) is 12.6 Å². The summed E-state index contributed by atoms with van der Waals surface area (Å²) in [5.74, 6) is 0.169. The zero-order valence-corrected chi connectivity index (χ0v) is 12.4. The van der Waals surface area contributed by atoms with Crippen molar-refractivity contribution in [2.24, 2.45) is 5.41 Å². The summed E-state index contributed by atoms with van der Waals surface area (Å²) in [6.45, 7) is 5.37. The van der Waals surface area contributed by atoms with Crippen LogP contribution in [0, 0.1) is 5.41 Å². The Morgan fingerprint density at radius 2 is 2.05 bits per heavy atom. The Kier molecular flexibility index (Phi) is 3.55. The topological polar surface area (TPSA) is 41.1 Å². The van der Waals surface area contributed by atoms with Gasteiger partial charge in [0.25, 0.3) is 0 Å². The molecule has 2 N–H and O–H groups in total. The van der Waals surface area contributed by atoms with Crippen LogP contribution in [0.25, 0.3) is 0 Å². The first-order valence-electron chi connectivity index (χ1n) is 7.64. The first kappa shape index (κ1) is 13.6. The van der Waals surface area contributed by atoms with Crippen molar-refractivity contribution in [3.05, 3.63) is 35.4 Å². The molecule has 1 aliphatic heterocycles. The number of nitrogens with one attached hydrogen (secondary N) is 2. The van der Waals surface area contributed by atoms with Crippen molar-refractivity contribution in [2.45, 2.75) is 58.2 Å². The lowest BCUT2D eigenvalue weighted by molar-refractivity contribution is -0.124. The van der Waals surface area contributed by atoms with E-state index in [4.69, 9.17) is 0 Å². The molecule has 1 fully saturated rings. The molecule has 3 heteroatoms. The summed E-state index contributed by atoms with van der Waals surface area (Å²) in [5.41, 5.74) is 3.00. The fourth-order valence-electron chi connectivity index (χ4n) is 3.50. The highest BCUT2D eigenvalue weighted by Crippen LogP contribution is 2.36. The number of rotatable bonds is 2. The van der Waals surface area contributed by atoms with E-state index >= 15 is 0 Å². The predicted octanol–water partition coefficient (Wildman–Crippen LogP) is 2.40. The lowest BCUT2D eigenvalue weighted by Gasteiger charge is -2.27. The Labute approximate surface area is 121 Å². The molecule has 1 heterocycles. The van der Waals surface area contributed by atoms with E-state index < -0.39 is 0 Å². The van der Waals surface area contributed by atoms with Crippen LogP contribution in [0.3, 0.4) is 0 Å². The van der Waals surface area contributed by atoms with E-state index in [-0.39, 0.29) is 11.9 Å². The van der Waals surface area contributed by atoms with Crippen molar-refractivity contribution >= 4 is 5.91 Å². The van der Waals surface area contributed by atoms with Crippen LogP contribution < -0.4 is 10.6 Å². The van der Waals surface area contributed by atoms with Gasteiger partial charge in [-0.2, -0.15) is 0 Å². The van der Waals surface area contributed by atoms with E-state index in [9.17, 15) is 4.79 Å². The molecule has 1 aliphatic carbocycles. The van der Waals surface area contributed by atoms with Gasteiger partial charge in [0.2, 0.25) is 5.91 Å². The van der Waals surface area contributed by atoms with E-state index in [1.165, 1.54) is 17.5 Å². The molecule has 1 aromatic carbocycles. The van der Waals surface area contributed by atoms with E-state index in [2.05, 4.69) is 48.7 Å². The number of fused-ring (bicyclic) bond motifs is 1. The van der Waals surface area contributed by atoms with Gasteiger partial charge < -0.3 is 10.6 Å². The van der Waals surface area contributed by atoms with Crippen LogP contribution in [0.4, 0.5) is 0 Å². The highest BCUT2D eigenvalue weighted by atomic mass is 16.2. The van der Waals surface area contributed by atoms with E-state index in [0.717, 1.165) is 25.8 Å². The number of hydrogen-bond donors (Lipinski definition) is 2. The molecule has 108 valence electrons. The summed E-state index contributed by atoms with van der Waals surface area (Å²) in [6.07, 6.45) is 4.22. The Balaban J connectivity index is 1.59. The third-order valence-electron chi connectivity index (χ3n) is 4.71. The maximum absolute atomic E-state index is 12.4. The van der Waals surface area contributed by atoms with Crippen LogP contribution in [-0.4, -0.2) is 18.0 Å². The van der Waals surface area contributed by atoms with Crippen molar-refractivity contribution in [3.63, 3.8) is 0 Å². The lowest BCUT2D eigenvalue weighted by Crippen LogP contribution is -2.50. The van der Waals surface area contributed by atoms with Crippen molar-refractivity contribution < 1.29 is 4.79 Å². The molecule has 1 saturated carbocycles. The Hall–Kier alpha value is -1.35. The van der Waals surface area contributed by atoms with Crippen LogP contribution in [0.2, 0.25) is 0 Å². The first-order valence-corrected chi connectivity index (χ1v) is 7.64. The first-order chi connectivity index (χ1) is 9.53. The maximum atomic E-state index is 12.4. The zero-order valence-electron chi connectivity index (χ0n) is 12.4. The smallest absolute Gasteiger partial charge is 0.237 e. The molecule has 1 amide bonds. The maximum Gasteiger partial charge on any atom is 0.237 e. The predicted molar refractivity (Wildman–Crippen MR) is 80.3 cm³/mol. The highest BCUT2D eigenvalue weighted by Gasteiger charge is 2.33. The fraction of sp³-hybridized carbons (Fsp3) is 0.588. The van der Waals surface area contributed by atoms with Crippen LogP contribution in [0.5, 0.6) is 0 Å². The number of hydrogen-bond acceptors (Lipinski definition) is 2. The second kappa shape index (κ2) is 5.21. The molecule has 2 atom stereocenters. The van der Waals surface area contributed by atoms with Gasteiger partial charge in [0.1, 0.15) is 0 Å². The molecule has 0 spiro atoms. The number of amides is 1. The van der Waals surface area contributed by atoms with E-state index in [0.29, 0.717) is 11.5 Å². The van der Waals surface area contributed by atoms with Crippen molar-refractivity contribution in [1.82, 2.24) is 10.6 Å². The summed E-state index contributed by atoms with van der Waals surface area (Å²) < 4.78 is 0. The van der Waals surface area contributed by atoms with Crippen molar-refractivity contribution in [2.75, 3.05) is 0 Å². The van der Waals surface area contributed by atoms with Crippen molar-refractivity contribution in [3.8, 4) is 0 Å². The second-order valence-electron chi connectivity index (χ2n) is 7.02. The SMILES string of the molecule is CC1(C)CCC(NC(=O)C2Cc3ccccc3CN2)C1. The van der Waals surface area contributed by atoms with Gasteiger partial charge in [0.15, 0.2) is 0 Å². The Morgan fingerprint density at radius 3 is 2.75 bits per heavy atom. The largest absolute Gasteiger partial charge is 0.352 e. The van der Waals surface area contributed by atoms with Gasteiger partial charge in [0.05, 0.1) is 6.04 Å². The summed E-state index contributed by atoms with van der Waals surface area (Å²) in [6, 6.07) is 8.66. The summed E-state index contributed by atoms with van der Waals surface area (Å²) in [5, 5.41) is 6.59. The molecule has 2 aliphatic rings. The normalized spacial score (nSPS) is 27.9. The second-order valence-corrected chi connectivity index (χ2v) is 7.02. The van der Waals surface area contributed by atoms with E-state index in [1.54, 1.807) is 0 Å². The average Bonchev–Trinajstić information content (AvgIpc) is 2.77. The molecule has 3 rings (SSSR count). The minimum absolute atomic E-state index is 0.0754. The molecular weight excluding hydrogens is 248 g/mol. The van der Waals surface area contributed by atoms with Gasteiger partial charge in [-0.15, -0.1) is 0 Å². The van der Waals surface area contributed by atoms with Crippen LogP contribution in [-0.2, 0) is 17.8 Å². The van der Waals surface area contributed by atoms with Crippen LogP contribution in [0.15, 0.2) is 24.3 Å². The van der Waals surface area contributed by atoms with Crippen molar-refractivity contribution in [1.29, 1.82) is 0 Å². The molecule has 0 bridgehead atoms. The molecule has 1 aromatic rings. The molecule has 20 heavy (non-hydrogen) atoms. The quantitative estimate of drug-likeness (QED) is 0.868. The minimum atomic E-state index is -0.0754. The van der Waals surface area contributed by atoms with Gasteiger partial charge >= 0.3 is 0 Å². The standard InChI is InChI=1S/C17H24N2O/c1-17(2)8-7-14(10-17)19-16(20)15-9-12-5-3-4-6-13(12)11-18-15/h3-6,14-15,18H,7-11H2,1-2H3,(H,19,20). The molecule has 2 unspecified atom stereocenters. The number of carbonyl (C=O) groups excluding carboxylic acids is 1. The molecule has 0 saturated heterocycles. The Bertz CT molecular complexity index is 509. The summed E-state index contributed by atoms with van der Waals surface area (Å²) in [4.78, 5) is 12.4. The van der Waals surface area contributed by atoms with Crippen LogP contribution >= 0.6 is 0 Å². The molecule has 0 radical (unpaired) electrons. The molecule has 0 aromatic heterocycles. The number of carbonyl (C=O) groups is 1. The van der Waals surface area contributed by atoms with E-state index in [1.807, 2.05) is 0 Å². The molecule has 3 nitrogen and oxygen atoms in total. The van der Waals surface area contributed by atoms with Gasteiger partial charge in [-0.3, -0.25) is 4.79 Å². The third kappa shape index (κ3) is 2.88. The van der Waals surface area contributed by atoms with Crippen LogP contribution in [0.1, 0.15) is 44.2 Å². The molecular formula is C17H24N2O. The average molecular weight is 272 g/mol. The third-order valence-corrected chi connectivity index (χ3v) is 4.71. The van der Waals surface area contributed by atoms with Gasteiger partial charge in [-0.1, -0.05) is 38.1 Å². The minimum Gasteiger partial charge on any atom is -0.352 e.